The Balaban J connectivity index is 0.000000222. The van der Waals surface area contributed by atoms with Crippen LogP contribution in [0.4, 0.5) is 0 Å². The molecule has 0 aromatic carbocycles. The van der Waals surface area contributed by atoms with Gasteiger partial charge in [0.2, 0.25) is 0 Å². The van der Waals surface area contributed by atoms with Crippen LogP contribution in [0.1, 0.15) is 19.8 Å². The van der Waals surface area contributed by atoms with Gasteiger partial charge in [0.15, 0.2) is 0 Å². The number of ether oxygens (including phenoxy) is 2. The molecule has 21 heavy (non-hydrogen) atoms. The molecule has 2 rings (SSSR count). The predicted molar refractivity (Wildman–Crippen MR) is 69.9 cm³/mol. The molecule has 0 spiro atoms. The largest absolute Gasteiger partial charge is 0.478 e. The molecule has 2 unspecified atom stereocenters. The summed E-state index contributed by atoms with van der Waals surface area (Å²) in [5, 5.41) is 7.96. The summed E-state index contributed by atoms with van der Waals surface area (Å²) in [4.78, 5) is 42.0. The van der Waals surface area contributed by atoms with E-state index < -0.39 is 11.9 Å². The highest BCUT2D eigenvalue weighted by atomic mass is 16.6. The molecule has 0 aromatic rings. The molecule has 0 amide bonds. The first-order valence-electron chi connectivity index (χ1n) is 6.25. The number of carboxylic acid groups (broad SMARTS) is 1. The number of cyclic esters (lactones) is 2. The normalized spacial score (nSPS) is 23.6. The third-order valence-electron chi connectivity index (χ3n) is 3.12. The number of aliphatic carboxylic acids is 1. The number of hydrogen-bond donors (Lipinski definition) is 1. The van der Waals surface area contributed by atoms with Crippen LogP contribution in [0.15, 0.2) is 23.8 Å². The molecular formula is C14H16O7. The quantitative estimate of drug-likeness (QED) is 0.348. The number of carbonyl (C=O) groups is 4. The molecule has 0 aromatic heterocycles. The van der Waals surface area contributed by atoms with Crippen LogP contribution in [0.2, 0.25) is 0 Å². The van der Waals surface area contributed by atoms with E-state index in [1.807, 2.05) is 13.0 Å². The molecule has 0 saturated carbocycles. The van der Waals surface area contributed by atoms with Crippen molar-refractivity contribution in [2.24, 2.45) is 11.8 Å². The lowest BCUT2D eigenvalue weighted by molar-refractivity contribution is -0.153. The van der Waals surface area contributed by atoms with Crippen molar-refractivity contribution < 1.29 is 33.8 Å². The topological polar surface area (TPSA) is 107 Å². The molecule has 1 saturated heterocycles. The Bertz CT molecular complexity index is 515. The maximum atomic E-state index is 11.1. The Morgan fingerprint density at radius 1 is 1.29 bits per heavy atom. The van der Waals surface area contributed by atoms with E-state index in [1.54, 1.807) is 0 Å². The molecule has 1 fully saturated rings. The van der Waals surface area contributed by atoms with Crippen LogP contribution >= 0.6 is 0 Å². The number of rotatable bonds is 2. The van der Waals surface area contributed by atoms with Crippen LogP contribution < -0.4 is 0 Å². The highest BCUT2D eigenvalue weighted by Gasteiger charge is 2.44. The number of fused-ring (bicyclic) bond motifs is 1. The first-order chi connectivity index (χ1) is 9.85. The van der Waals surface area contributed by atoms with E-state index in [4.69, 9.17) is 5.11 Å². The summed E-state index contributed by atoms with van der Waals surface area (Å²) < 4.78 is 8.66. The number of allylic oxidation sites excluding steroid dienone is 2. The van der Waals surface area contributed by atoms with Crippen molar-refractivity contribution in [1.82, 2.24) is 0 Å². The highest BCUT2D eigenvalue weighted by Crippen LogP contribution is 2.35. The van der Waals surface area contributed by atoms with Crippen molar-refractivity contribution in [2.75, 3.05) is 7.11 Å². The van der Waals surface area contributed by atoms with Gasteiger partial charge in [-0.25, -0.2) is 9.59 Å². The summed E-state index contributed by atoms with van der Waals surface area (Å²) in [6.07, 6.45) is 4.92. The first kappa shape index (κ1) is 16.6. The standard InChI is InChI=1S/C9H10O3.C5H6O4/c1-5-2-3-6-7(4-5)9(11)12-8(6)10;1-9-5(8)3-2-4(6)7/h2,6-7H,3-4H2,1H3;2-3H,1H3,(H,6,7). The minimum Gasteiger partial charge on any atom is -0.478 e. The van der Waals surface area contributed by atoms with Gasteiger partial charge in [0.1, 0.15) is 0 Å². The molecule has 114 valence electrons. The molecule has 1 N–H and O–H groups in total. The fraction of sp³-hybridized carbons (Fsp3) is 0.429. The number of esters is 3. The van der Waals surface area contributed by atoms with Crippen LogP contribution in [-0.2, 0) is 28.7 Å². The molecule has 2 atom stereocenters. The van der Waals surface area contributed by atoms with Crippen molar-refractivity contribution in [3.8, 4) is 0 Å². The van der Waals surface area contributed by atoms with E-state index in [9.17, 15) is 19.2 Å². The van der Waals surface area contributed by atoms with Gasteiger partial charge in [-0.05, 0) is 19.8 Å². The molecule has 7 heteroatoms. The van der Waals surface area contributed by atoms with E-state index in [0.29, 0.717) is 18.9 Å². The third-order valence-corrected chi connectivity index (χ3v) is 3.12. The second-order valence-corrected chi connectivity index (χ2v) is 4.64. The lowest BCUT2D eigenvalue weighted by Gasteiger charge is -2.17. The van der Waals surface area contributed by atoms with Crippen LogP contribution in [0, 0.1) is 11.8 Å². The zero-order valence-corrected chi connectivity index (χ0v) is 11.7. The summed E-state index contributed by atoms with van der Waals surface area (Å²) in [5.74, 6) is -2.90. The second kappa shape index (κ2) is 7.37. The van der Waals surface area contributed by atoms with Gasteiger partial charge in [0, 0.05) is 12.2 Å². The van der Waals surface area contributed by atoms with Crippen molar-refractivity contribution in [3.63, 3.8) is 0 Å². The third kappa shape index (κ3) is 4.87. The SMILES string of the molecule is CC1=CCC2C(=O)OC(=O)C2C1.COC(=O)C=CC(=O)O. The molecule has 1 aliphatic carbocycles. The van der Waals surface area contributed by atoms with E-state index in [0.717, 1.165) is 6.08 Å². The molecule has 1 heterocycles. The maximum Gasteiger partial charge on any atom is 0.330 e. The highest BCUT2D eigenvalue weighted by molar-refractivity contribution is 5.97. The van der Waals surface area contributed by atoms with E-state index >= 15 is 0 Å². The molecule has 1 aliphatic heterocycles. The van der Waals surface area contributed by atoms with Gasteiger partial charge in [0.05, 0.1) is 18.9 Å². The summed E-state index contributed by atoms with van der Waals surface area (Å²) in [5.41, 5.74) is 1.18. The van der Waals surface area contributed by atoms with Gasteiger partial charge in [0.25, 0.3) is 0 Å². The van der Waals surface area contributed by atoms with E-state index in [1.165, 1.54) is 12.7 Å². The van der Waals surface area contributed by atoms with Crippen molar-refractivity contribution in [3.05, 3.63) is 23.8 Å². The average Bonchev–Trinajstić information content (AvgIpc) is 2.71. The lowest BCUT2D eigenvalue weighted by atomic mass is 9.82. The molecule has 0 bridgehead atoms. The Kier molecular flexibility index (Phi) is 5.83. The van der Waals surface area contributed by atoms with Crippen LogP contribution in [0.3, 0.4) is 0 Å². The summed E-state index contributed by atoms with van der Waals surface area (Å²) >= 11 is 0. The Labute approximate surface area is 121 Å². The zero-order chi connectivity index (χ0) is 16.0. The van der Waals surface area contributed by atoms with Gasteiger partial charge in [-0.2, -0.15) is 0 Å². The number of carbonyl (C=O) groups excluding carboxylic acids is 3. The monoisotopic (exact) mass is 296 g/mol. The number of methoxy groups -OCH3 is 1. The molecule has 7 nitrogen and oxygen atoms in total. The molecule has 0 radical (unpaired) electrons. The summed E-state index contributed by atoms with van der Waals surface area (Å²) in [7, 11) is 1.18. The Morgan fingerprint density at radius 3 is 2.48 bits per heavy atom. The molecule has 2 aliphatic rings. The maximum absolute atomic E-state index is 11.1. The molecular weight excluding hydrogens is 280 g/mol. The summed E-state index contributed by atoms with van der Waals surface area (Å²) in [6.45, 7) is 1.98. The van der Waals surface area contributed by atoms with Crippen molar-refractivity contribution in [2.45, 2.75) is 19.8 Å². The van der Waals surface area contributed by atoms with Crippen molar-refractivity contribution in [1.29, 1.82) is 0 Å². The number of hydrogen-bond acceptors (Lipinski definition) is 6. The zero-order valence-electron chi connectivity index (χ0n) is 11.7. The summed E-state index contributed by atoms with van der Waals surface area (Å²) in [6, 6.07) is 0. The number of carboxylic acids is 1. The van der Waals surface area contributed by atoms with Gasteiger partial charge in [-0.1, -0.05) is 11.6 Å². The smallest absolute Gasteiger partial charge is 0.330 e. The van der Waals surface area contributed by atoms with Gasteiger partial charge in [-0.15, -0.1) is 0 Å². The average molecular weight is 296 g/mol. The second-order valence-electron chi connectivity index (χ2n) is 4.64. The van der Waals surface area contributed by atoms with Gasteiger partial charge in [-0.3, -0.25) is 9.59 Å². The fourth-order valence-electron chi connectivity index (χ4n) is 2.03. The van der Waals surface area contributed by atoms with E-state index in [2.05, 4.69) is 9.47 Å². The van der Waals surface area contributed by atoms with Crippen molar-refractivity contribution >= 4 is 23.9 Å². The Morgan fingerprint density at radius 2 is 1.90 bits per heavy atom. The van der Waals surface area contributed by atoms with Gasteiger partial charge >= 0.3 is 23.9 Å². The minimum absolute atomic E-state index is 0.192. The van der Waals surface area contributed by atoms with Crippen LogP contribution in [0.5, 0.6) is 0 Å². The predicted octanol–water partition coefficient (Wildman–Crippen LogP) is 0.843. The minimum atomic E-state index is -1.17. The van der Waals surface area contributed by atoms with Gasteiger partial charge < -0.3 is 14.6 Å². The van der Waals surface area contributed by atoms with Crippen LogP contribution in [0.25, 0.3) is 0 Å². The van der Waals surface area contributed by atoms with Crippen LogP contribution in [-0.4, -0.2) is 36.1 Å². The first-order valence-corrected chi connectivity index (χ1v) is 6.25. The Hall–Kier alpha value is -2.44. The lowest BCUT2D eigenvalue weighted by Crippen LogP contribution is -2.20. The van der Waals surface area contributed by atoms with E-state index in [-0.39, 0.29) is 23.8 Å². The fourth-order valence-corrected chi connectivity index (χ4v) is 2.03.